The van der Waals surface area contributed by atoms with E-state index in [2.05, 4.69) is 35.2 Å². The van der Waals surface area contributed by atoms with Gasteiger partial charge in [-0.15, -0.1) is 0 Å². The lowest BCUT2D eigenvalue weighted by molar-refractivity contribution is -0.385. The van der Waals surface area contributed by atoms with Crippen LogP contribution in [0.1, 0.15) is 52.2 Å². The van der Waals surface area contributed by atoms with Gasteiger partial charge < -0.3 is 9.64 Å². The van der Waals surface area contributed by atoms with E-state index in [1.807, 2.05) is 24.3 Å². The number of ketones is 1. The van der Waals surface area contributed by atoms with E-state index in [9.17, 15) is 14.9 Å². The van der Waals surface area contributed by atoms with Gasteiger partial charge in [0.15, 0.2) is 5.78 Å². The Balaban J connectivity index is 1.15. The number of carbonyl (C=O) groups is 1. The van der Waals surface area contributed by atoms with Gasteiger partial charge in [0.25, 0.3) is 5.69 Å². The SMILES string of the molecule is O=C1c2ccc(OCc3ccccc3[N+](=O)[O-])cc2C=CC1CCN1CCC(c2ccccc2)CC1. The maximum absolute atomic E-state index is 13.2. The molecule has 0 radical (unpaired) electrons. The Labute approximate surface area is 211 Å². The third-order valence-electron chi connectivity index (χ3n) is 7.33. The lowest BCUT2D eigenvalue weighted by Crippen LogP contribution is -2.35. The molecule has 0 spiro atoms. The molecule has 2 aliphatic rings. The van der Waals surface area contributed by atoms with Crippen molar-refractivity contribution in [1.82, 2.24) is 4.90 Å². The lowest BCUT2D eigenvalue weighted by atomic mass is 9.85. The predicted octanol–water partition coefficient (Wildman–Crippen LogP) is 6.27. The van der Waals surface area contributed by atoms with Gasteiger partial charge in [0.2, 0.25) is 0 Å². The number of likely N-dealkylation sites (tertiary alicyclic amines) is 1. The molecule has 184 valence electrons. The highest BCUT2D eigenvalue weighted by molar-refractivity contribution is 6.04. The Morgan fingerprint density at radius 1 is 0.972 bits per heavy atom. The summed E-state index contributed by atoms with van der Waals surface area (Å²) in [4.78, 5) is 26.4. The van der Waals surface area contributed by atoms with Crippen molar-refractivity contribution in [3.63, 3.8) is 0 Å². The molecule has 0 N–H and O–H groups in total. The number of piperidine rings is 1. The van der Waals surface area contributed by atoms with E-state index in [-0.39, 0.29) is 24.0 Å². The Morgan fingerprint density at radius 3 is 2.50 bits per heavy atom. The van der Waals surface area contributed by atoms with Crippen LogP contribution >= 0.6 is 0 Å². The molecule has 3 aromatic carbocycles. The number of carbonyl (C=O) groups excluding carboxylic acids is 1. The molecule has 1 unspecified atom stereocenters. The highest BCUT2D eigenvalue weighted by Crippen LogP contribution is 2.31. The van der Waals surface area contributed by atoms with Crippen LogP contribution in [0.3, 0.4) is 0 Å². The molecule has 0 bridgehead atoms. The topological polar surface area (TPSA) is 72.7 Å². The average molecular weight is 483 g/mol. The standard InChI is InChI=1S/C30H30N2O4/c33-30-24(16-19-31-17-14-23(15-18-31)22-6-2-1-3-7-22)10-11-25-20-27(12-13-28(25)30)36-21-26-8-4-5-9-29(26)32(34)35/h1-13,20,23-24H,14-19,21H2. The van der Waals surface area contributed by atoms with Gasteiger partial charge >= 0.3 is 0 Å². The van der Waals surface area contributed by atoms with Crippen molar-refractivity contribution >= 4 is 17.5 Å². The number of allylic oxidation sites excluding steroid dienone is 1. The summed E-state index contributed by atoms with van der Waals surface area (Å²) in [7, 11) is 0. The number of ether oxygens (including phenoxy) is 1. The summed E-state index contributed by atoms with van der Waals surface area (Å²) >= 11 is 0. The molecule has 0 aromatic heterocycles. The Bertz CT molecular complexity index is 1260. The molecule has 1 atom stereocenters. The van der Waals surface area contributed by atoms with Crippen LogP contribution in [0.2, 0.25) is 0 Å². The summed E-state index contributed by atoms with van der Waals surface area (Å²) in [6, 6.07) is 22.7. The summed E-state index contributed by atoms with van der Waals surface area (Å²) < 4.78 is 5.82. The molecule has 1 aliphatic carbocycles. The van der Waals surface area contributed by atoms with Crippen molar-refractivity contribution in [3.05, 3.63) is 111 Å². The number of benzene rings is 3. The monoisotopic (exact) mass is 482 g/mol. The van der Waals surface area contributed by atoms with E-state index < -0.39 is 4.92 Å². The Kier molecular flexibility index (Phi) is 7.23. The van der Waals surface area contributed by atoms with Crippen molar-refractivity contribution in [2.75, 3.05) is 19.6 Å². The molecule has 1 saturated heterocycles. The zero-order chi connectivity index (χ0) is 24.9. The summed E-state index contributed by atoms with van der Waals surface area (Å²) in [5.74, 6) is 1.26. The quantitative estimate of drug-likeness (QED) is 0.279. The van der Waals surface area contributed by atoms with Gasteiger partial charge in [-0.05, 0) is 80.2 Å². The van der Waals surface area contributed by atoms with Gasteiger partial charge in [0, 0.05) is 17.5 Å². The maximum atomic E-state index is 13.2. The molecule has 0 saturated carbocycles. The molecule has 5 rings (SSSR count). The van der Waals surface area contributed by atoms with Crippen molar-refractivity contribution < 1.29 is 14.5 Å². The van der Waals surface area contributed by atoms with Crippen LogP contribution in [0.25, 0.3) is 6.08 Å². The number of para-hydroxylation sites is 1. The number of nitrogens with zero attached hydrogens (tertiary/aromatic N) is 2. The molecule has 1 fully saturated rings. The van der Waals surface area contributed by atoms with E-state index in [4.69, 9.17) is 4.74 Å². The zero-order valence-corrected chi connectivity index (χ0v) is 20.2. The molecule has 36 heavy (non-hydrogen) atoms. The van der Waals surface area contributed by atoms with Gasteiger partial charge in [0.05, 0.1) is 10.5 Å². The molecule has 6 nitrogen and oxygen atoms in total. The summed E-state index contributed by atoms with van der Waals surface area (Å²) in [5.41, 5.74) is 3.53. The van der Waals surface area contributed by atoms with Crippen molar-refractivity contribution in [2.24, 2.45) is 5.92 Å². The minimum Gasteiger partial charge on any atom is -0.489 e. The van der Waals surface area contributed by atoms with E-state index in [1.165, 1.54) is 11.6 Å². The normalized spacial score (nSPS) is 18.1. The van der Waals surface area contributed by atoms with Crippen LogP contribution in [0.5, 0.6) is 5.75 Å². The van der Waals surface area contributed by atoms with Gasteiger partial charge in [-0.3, -0.25) is 14.9 Å². The van der Waals surface area contributed by atoms with Gasteiger partial charge in [-0.1, -0.05) is 54.6 Å². The molecular formula is C30H30N2O4. The molecular weight excluding hydrogens is 452 g/mol. The second-order valence-electron chi connectivity index (χ2n) is 9.57. The summed E-state index contributed by atoms with van der Waals surface area (Å²) in [5, 5.41) is 11.2. The molecule has 1 heterocycles. The number of fused-ring (bicyclic) bond motifs is 1. The number of nitro benzene ring substituents is 1. The molecule has 6 heteroatoms. The van der Waals surface area contributed by atoms with Crippen LogP contribution in [-0.4, -0.2) is 35.2 Å². The largest absolute Gasteiger partial charge is 0.489 e. The predicted molar refractivity (Wildman–Crippen MR) is 140 cm³/mol. The van der Waals surface area contributed by atoms with Gasteiger partial charge in [0.1, 0.15) is 12.4 Å². The molecule has 1 aliphatic heterocycles. The first-order chi connectivity index (χ1) is 17.6. The van der Waals surface area contributed by atoms with E-state index >= 15 is 0 Å². The first-order valence-electron chi connectivity index (χ1n) is 12.6. The van der Waals surface area contributed by atoms with Crippen molar-refractivity contribution in [3.8, 4) is 5.75 Å². The minimum absolute atomic E-state index is 0.0395. The van der Waals surface area contributed by atoms with Gasteiger partial charge in [-0.2, -0.15) is 0 Å². The third-order valence-corrected chi connectivity index (χ3v) is 7.33. The second kappa shape index (κ2) is 10.9. The molecule has 0 amide bonds. The summed E-state index contributed by atoms with van der Waals surface area (Å²) in [6.07, 6.45) is 7.15. The van der Waals surface area contributed by atoms with Crippen LogP contribution < -0.4 is 4.74 Å². The summed E-state index contributed by atoms with van der Waals surface area (Å²) in [6.45, 7) is 3.16. The van der Waals surface area contributed by atoms with Crippen molar-refractivity contribution in [2.45, 2.75) is 31.8 Å². The molecule has 3 aromatic rings. The average Bonchev–Trinajstić information content (AvgIpc) is 2.92. The van der Waals surface area contributed by atoms with Crippen molar-refractivity contribution in [1.29, 1.82) is 0 Å². The highest BCUT2D eigenvalue weighted by Gasteiger charge is 2.26. The Morgan fingerprint density at radius 2 is 1.72 bits per heavy atom. The van der Waals surface area contributed by atoms with Crippen LogP contribution in [0.4, 0.5) is 5.69 Å². The second-order valence-corrected chi connectivity index (χ2v) is 9.57. The van der Waals surface area contributed by atoms with E-state index in [0.29, 0.717) is 22.8 Å². The first-order valence-corrected chi connectivity index (χ1v) is 12.6. The van der Waals surface area contributed by atoms with Crippen LogP contribution in [-0.2, 0) is 6.61 Å². The third kappa shape index (κ3) is 5.39. The zero-order valence-electron chi connectivity index (χ0n) is 20.2. The number of nitro groups is 1. The maximum Gasteiger partial charge on any atom is 0.276 e. The van der Waals surface area contributed by atoms with E-state index in [0.717, 1.165) is 44.5 Å². The number of Topliss-reactive ketones (excluding diaryl/α,β-unsaturated/α-hetero) is 1. The number of hydrogen-bond acceptors (Lipinski definition) is 5. The van der Waals surface area contributed by atoms with Gasteiger partial charge in [-0.25, -0.2) is 0 Å². The van der Waals surface area contributed by atoms with Crippen LogP contribution in [0, 0.1) is 16.0 Å². The Hall–Kier alpha value is -3.77. The van der Waals surface area contributed by atoms with E-state index in [1.54, 1.807) is 24.3 Å². The fraction of sp³-hybridized carbons (Fsp3) is 0.300. The van der Waals surface area contributed by atoms with Crippen LogP contribution in [0.15, 0.2) is 78.9 Å². The number of rotatable bonds is 8. The lowest BCUT2D eigenvalue weighted by Gasteiger charge is -2.33. The fourth-order valence-electron chi connectivity index (χ4n) is 5.24. The fourth-order valence-corrected chi connectivity index (χ4v) is 5.24. The number of hydrogen-bond donors (Lipinski definition) is 0. The smallest absolute Gasteiger partial charge is 0.276 e. The first kappa shape index (κ1) is 23.9. The highest BCUT2D eigenvalue weighted by atomic mass is 16.6. The minimum atomic E-state index is -0.404.